The molecular weight excluding hydrogens is 332 g/mol. The first-order valence-corrected chi connectivity index (χ1v) is 7.99. The summed E-state index contributed by atoms with van der Waals surface area (Å²) in [5, 5.41) is 10.8. The van der Waals surface area contributed by atoms with Gasteiger partial charge in [-0.3, -0.25) is 0 Å². The average molecular weight is 350 g/mol. The third-order valence-corrected chi connectivity index (χ3v) is 3.41. The first-order chi connectivity index (χ1) is 12.7. The van der Waals surface area contributed by atoms with E-state index in [9.17, 15) is 9.59 Å². The molecule has 0 atom stereocenters. The molecule has 7 heteroatoms. The molecule has 4 amide bonds. The van der Waals surface area contributed by atoms with Gasteiger partial charge in [0.25, 0.3) is 0 Å². The molecule has 0 spiro atoms. The SMILES string of the molecule is O=C(NCc1ccco1)Nc1cccc(NC(=O)Nc2ccccc2)c1. The van der Waals surface area contributed by atoms with E-state index in [2.05, 4.69) is 21.3 Å². The van der Waals surface area contributed by atoms with Crippen molar-refractivity contribution in [2.75, 3.05) is 16.0 Å². The molecule has 0 aliphatic carbocycles. The number of carbonyl (C=O) groups excluding carboxylic acids is 2. The molecule has 3 rings (SSSR count). The van der Waals surface area contributed by atoms with Crippen LogP contribution in [0.2, 0.25) is 0 Å². The van der Waals surface area contributed by atoms with Gasteiger partial charge >= 0.3 is 12.1 Å². The van der Waals surface area contributed by atoms with Gasteiger partial charge in [-0.2, -0.15) is 0 Å². The Morgan fingerprint density at radius 1 is 0.731 bits per heavy atom. The molecule has 3 aromatic rings. The lowest BCUT2D eigenvalue weighted by Gasteiger charge is -2.10. The predicted octanol–water partition coefficient (Wildman–Crippen LogP) is 4.25. The van der Waals surface area contributed by atoms with E-state index in [1.54, 1.807) is 54.8 Å². The van der Waals surface area contributed by atoms with Gasteiger partial charge in [-0.05, 0) is 42.5 Å². The number of urea groups is 2. The topological polar surface area (TPSA) is 95.4 Å². The second-order valence-corrected chi connectivity index (χ2v) is 5.41. The molecular formula is C19H18N4O3. The Kier molecular flexibility index (Phi) is 5.51. The molecule has 1 aromatic heterocycles. The van der Waals surface area contributed by atoms with Crippen molar-refractivity contribution < 1.29 is 14.0 Å². The van der Waals surface area contributed by atoms with Gasteiger partial charge in [0.1, 0.15) is 5.76 Å². The molecule has 0 aliphatic heterocycles. The first kappa shape index (κ1) is 17.1. The van der Waals surface area contributed by atoms with E-state index in [0.717, 1.165) is 0 Å². The zero-order valence-corrected chi connectivity index (χ0v) is 13.9. The van der Waals surface area contributed by atoms with E-state index >= 15 is 0 Å². The highest BCUT2D eigenvalue weighted by Gasteiger charge is 2.06. The first-order valence-electron chi connectivity index (χ1n) is 7.99. The maximum absolute atomic E-state index is 12.0. The summed E-state index contributed by atoms with van der Waals surface area (Å²) in [6.45, 7) is 0.288. The zero-order valence-electron chi connectivity index (χ0n) is 13.9. The fourth-order valence-electron chi connectivity index (χ4n) is 2.25. The number of amides is 4. The van der Waals surface area contributed by atoms with Crippen LogP contribution in [-0.2, 0) is 6.54 Å². The number of para-hydroxylation sites is 1. The third kappa shape index (κ3) is 5.13. The summed E-state index contributed by atoms with van der Waals surface area (Å²) < 4.78 is 5.15. The van der Waals surface area contributed by atoms with Crippen molar-refractivity contribution in [3.05, 3.63) is 78.8 Å². The highest BCUT2D eigenvalue weighted by molar-refractivity contribution is 6.00. The van der Waals surface area contributed by atoms with Crippen molar-refractivity contribution in [1.82, 2.24) is 5.32 Å². The van der Waals surface area contributed by atoms with Crippen molar-refractivity contribution in [1.29, 1.82) is 0 Å². The number of nitrogens with one attached hydrogen (secondary N) is 4. The summed E-state index contributed by atoms with van der Waals surface area (Å²) in [5.41, 5.74) is 1.80. The number of benzene rings is 2. The van der Waals surface area contributed by atoms with Crippen molar-refractivity contribution in [2.24, 2.45) is 0 Å². The molecule has 26 heavy (non-hydrogen) atoms. The van der Waals surface area contributed by atoms with Crippen LogP contribution in [0.3, 0.4) is 0 Å². The van der Waals surface area contributed by atoms with Gasteiger partial charge in [-0.1, -0.05) is 24.3 Å². The monoisotopic (exact) mass is 350 g/mol. The van der Waals surface area contributed by atoms with E-state index in [4.69, 9.17) is 4.42 Å². The van der Waals surface area contributed by atoms with Crippen LogP contribution in [0.5, 0.6) is 0 Å². The van der Waals surface area contributed by atoms with Crippen molar-refractivity contribution in [2.45, 2.75) is 6.54 Å². The Morgan fingerprint density at radius 2 is 1.38 bits per heavy atom. The maximum Gasteiger partial charge on any atom is 0.323 e. The molecule has 0 unspecified atom stereocenters. The van der Waals surface area contributed by atoms with Gasteiger partial charge in [0.05, 0.1) is 12.8 Å². The fraction of sp³-hybridized carbons (Fsp3) is 0.0526. The van der Waals surface area contributed by atoms with Crippen LogP contribution in [0.1, 0.15) is 5.76 Å². The van der Waals surface area contributed by atoms with Crippen LogP contribution < -0.4 is 21.3 Å². The standard InChI is InChI=1S/C19H18N4O3/c24-18(20-13-17-10-5-11-26-17)22-15-8-4-9-16(12-15)23-19(25)21-14-6-2-1-3-7-14/h1-12H,13H2,(H2,20,22,24)(H2,21,23,25). The smallest absolute Gasteiger partial charge is 0.323 e. The summed E-state index contributed by atoms with van der Waals surface area (Å²) >= 11 is 0. The zero-order chi connectivity index (χ0) is 18.2. The lowest BCUT2D eigenvalue weighted by Crippen LogP contribution is -2.28. The highest BCUT2D eigenvalue weighted by atomic mass is 16.3. The van der Waals surface area contributed by atoms with Gasteiger partial charge in [-0.15, -0.1) is 0 Å². The average Bonchev–Trinajstić information content (AvgIpc) is 3.14. The summed E-state index contributed by atoms with van der Waals surface area (Å²) in [6.07, 6.45) is 1.55. The van der Waals surface area contributed by atoms with Gasteiger partial charge in [0.2, 0.25) is 0 Å². The van der Waals surface area contributed by atoms with Crippen molar-refractivity contribution in [3.8, 4) is 0 Å². The maximum atomic E-state index is 12.0. The minimum atomic E-state index is -0.368. The normalized spacial score (nSPS) is 10.0. The third-order valence-electron chi connectivity index (χ3n) is 3.41. The second kappa shape index (κ2) is 8.39. The fourth-order valence-corrected chi connectivity index (χ4v) is 2.25. The number of carbonyl (C=O) groups is 2. The molecule has 0 bridgehead atoms. The lowest BCUT2D eigenvalue weighted by molar-refractivity contribution is 0.251. The Hall–Kier alpha value is -3.74. The van der Waals surface area contributed by atoms with Gasteiger partial charge < -0.3 is 25.7 Å². The predicted molar refractivity (Wildman–Crippen MR) is 100 cm³/mol. The van der Waals surface area contributed by atoms with Crippen LogP contribution in [0.15, 0.2) is 77.4 Å². The van der Waals surface area contributed by atoms with Crippen LogP contribution in [-0.4, -0.2) is 12.1 Å². The molecule has 0 radical (unpaired) electrons. The number of furan rings is 1. The molecule has 0 saturated heterocycles. The van der Waals surface area contributed by atoms with Crippen LogP contribution in [0.25, 0.3) is 0 Å². The number of hydrogen-bond acceptors (Lipinski definition) is 3. The summed E-state index contributed by atoms with van der Waals surface area (Å²) in [5.74, 6) is 0.660. The highest BCUT2D eigenvalue weighted by Crippen LogP contribution is 2.16. The minimum absolute atomic E-state index is 0.288. The molecule has 0 aliphatic rings. The van der Waals surface area contributed by atoms with Crippen LogP contribution in [0, 0.1) is 0 Å². The van der Waals surface area contributed by atoms with E-state index in [-0.39, 0.29) is 18.6 Å². The van der Waals surface area contributed by atoms with E-state index in [1.165, 1.54) is 0 Å². The molecule has 1 heterocycles. The molecule has 7 nitrogen and oxygen atoms in total. The quantitative estimate of drug-likeness (QED) is 0.554. The molecule has 132 valence electrons. The molecule has 4 N–H and O–H groups in total. The summed E-state index contributed by atoms with van der Waals surface area (Å²) in [6, 6.07) is 18.8. The van der Waals surface area contributed by atoms with Gasteiger partial charge in [-0.25, -0.2) is 9.59 Å². The second-order valence-electron chi connectivity index (χ2n) is 5.41. The number of hydrogen-bond donors (Lipinski definition) is 4. The molecule has 0 fully saturated rings. The van der Waals surface area contributed by atoms with Crippen molar-refractivity contribution >= 4 is 29.1 Å². The lowest BCUT2D eigenvalue weighted by atomic mass is 10.3. The van der Waals surface area contributed by atoms with E-state index in [1.807, 2.05) is 18.2 Å². The Morgan fingerprint density at radius 3 is 2.08 bits per heavy atom. The largest absolute Gasteiger partial charge is 0.467 e. The Balaban J connectivity index is 1.52. The Labute approximate surface area is 150 Å². The molecule has 2 aromatic carbocycles. The number of anilines is 3. The number of rotatable bonds is 5. The Bertz CT molecular complexity index is 864. The van der Waals surface area contributed by atoms with Gasteiger partial charge in [0.15, 0.2) is 0 Å². The van der Waals surface area contributed by atoms with Crippen molar-refractivity contribution in [3.63, 3.8) is 0 Å². The van der Waals surface area contributed by atoms with E-state index in [0.29, 0.717) is 22.8 Å². The van der Waals surface area contributed by atoms with Crippen LogP contribution in [0.4, 0.5) is 26.7 Å². The summed E-state index contributed by atoms with van der Waals surface area (Å²) in [4.78, 5) is 23.9. The summed E-state index contributed by atoms with van der Waals surface area (Å²) in [7, 11) is 0. The van der Waals surface area contributed by atoms with Crippen LogP contribution >= 0.6 is 0 Å². The molecule has 0 saturated carbocycles. The van der Waals surface area contributed by atoms with Gasteiger partial charge in [0, 0.05) is 17.1 Å². The van der Waals surface area contributed by atoms with E-state index < -0.39 is 0 Å². The minimum Gasteiger partial charge on any atom is -0.467 e.